The van der Waals surface area contributed by atoms with Gasteiger partial charge >= 0.3 is 0 Å². The van der Waals surface area contributed by atoms with Crippen LogP contribution in [-0.2, 0) is 17.6 Å². The van der Waals surface area contributed by atoms with Crippen molar-refractivity contribution in [1.29, 1.82) is 0 Å². The molecule has 7 heteroatoms. The normalized spacial score (nSPS) is 10.9. The van der Waals surface area contributed by atoms with Crippen LogP contribution in [0.15, 0.2) is 70.0 Å². The van der Waals surface area contributed by atoms with Crippen molar-refractivity contribution in [3.63, 3.8) is 0 Å². The van der Waals surface area contributed by atoms with Crippen molar-refractivity contribution in [1.82, 2.24) is 20.4 Å². The third kappa shape index (κ3) is 4.57. The van der Waals surface area contributed by atoms with E-state index in [-0.39, 0.29) is 23.7 Å². The Morgan fingerprint density at radius 1 is 1.03 bits per heavy atom. The summed E-state index contributed by atoms with van der Waals surface area (Å²) in [4.78, 5) is 31.4. The molecule has 0 atom stereocenters. The van der Waals surface area contributed by atoms with E-state index < -0.39 is 0 Å². The SMILES string of the molecule is O=C(CCc1nc(-c2cc3ccccc3[nH]c2=O)no1)NCCc1ccccc1. The molecule has 29 heavy (non-hydrogen) atoms. The highest BCUT2D eigenvalue weighted by Crippen LogP contribution is 2.17. The summed E-state index contributed by atoms with van der Waals surface area (Å²) in [6.07, 6.45) is 1.34. The van der Waals surface area contributed by atoms with Gasteiger partial charge in [-0.2, -0.15) is 4.98 Å². The number of hydrogen-bond donors (Lipinski definition) is 2. The molecule has 1 amide bonds. The lowest BCUT2D eigenvalue weighted by molar-refractivity contribution is -0.121. The summed E-state index contributed by atoms with van der Waals surface area (Å²) in [6.45, 7) is 0.574. The van der Waals surface area contributed by atoms with Gasteiger partial charge in [0.15, 0.2) is 0 Å². The minimum Gasteiger partial charge on any atom is -0.356 e. The monoisotopic (exact) mass is 388 g/mol. The summed E-state index contributed by atoms with van der Waals surface area (Å²) in [7, 11) is 0. The van der Waals surface area contributed by atoms with Crippen molar-refractivity contribution in [2.75, 3.05) is 6.54 Å². The van der Waals surface area contributed by atoms with E-state index in [2.05, 4.69) is 20.4 Å². The lowest BCUT2D eigenvalue weighted by Crippen LogP contribution is -2.25. The Morgan fingerprint density at radius 3 is 2.69 bits per heavy atom. The Bertz CT molecular complexity index is 1180. The van der Waals surface area contributed by atoms with Crippen LogP contribution < -0.4 is 10.9 Å². The Labute approximate surface area is 166 Å². The molecule has 0 spiro atoms. The van der Waals surface area contributed by atoms with Crippen molar-refractivity contribution < 1.29 is 9.32 Å². The maximum atomic E-state index is 12.3. The highest BCUT2D eigenvalue weighted by molar-refractivity contribution is 5.82. The second kappa shape index (κ2) is 8.52. The highest BCUT2D eigenvalue weighted by atomic mass is 16.5. The van der Waals surface area contributed by atoms with Gasteiger partial charge in [-0.1, -0.05) is 53.7 Å². The first-order valence-corrected chi connectivity index (χ1v) is 9.45. The van der Waals surface area contributed by atoms with Crippen molar-refractivity contribution in [3.8, 4) is 11.4 Å². The Kier molecular flexibility index (Phi) is 5.47. The van der Waals surface area contributed by atoms with Gasteiger partial charge in [0.05, 0.1) is 5.56 Å². The Morgan fingerprint density at radius 2 is 1.83 bits per heavy atom. The fourth-order valence-corrected chi connectivity index (χ4v) is 3.08. The molecule has 0 saturated carbocycles. The van der Waals surface area contributed by atoms with Crippen LogP contribution in [0.1, 0.15) is 17.9 Å². The molecule has 0 saturated heterocycles. The minimum absolute atomic E-state index is 0.0794. The standard InChI is InChI=1S/C22H20N4O3/c27-19(23-13-12-15-6-2-1-3-7-15)10-11-20-25-21(26-29-20)17-14-16-8-4-5-9-18(16)24-22(17)28/h1-9,14H,10-13H2,(H,23,27)(H,24,28). The molecular formula is C22H20N4O3. The third-order valence-electron chi connectivity index (χ3n) is 4.61. The molecule has 0 unspecified atom stereocenters. The van der Waals surface area contributed by atoms with E-state index in [9.17, 15) is 9.59 Å². The smallest absolute Gasteiger partial charge is 0.259 e. The summed E-state index contributed by atoms with van der Waals surface area (Å²) >= 11 is 0. The van der Waals surface area contributed by atoms with Crippen LogP contribution in [0.5, 0.6) is 0 Å². The average Bonchev–Trinajstić information content (AvgIpc) is 3.21. The first kappa shape index (κ1) is 18.6. The lowest BCUT2D eigenvalue weighted by Gasteiger charge is -2.04. The third-order valence-corrected chi connectivity index (χ3v) is 4.61. The first-order valence-electron chi connectivity index (χ1n) is 9.45. The van der Waals surface area contributed by atoms with Crippen LogP contribution >= 0.6 is 0 Å². The van der Waals surface area contributed by atoms with Crippen molar-refractivity contribution in [2.24, 2.45) is 0 Å². The largest absolute Gasteiger partial charge is 0.356 e. The van der Waals surface area contributed by atoms with Gasteiger partial charge in [0.25, 0.3) is 5.56 Å². The number of aromatic nitrogens is 3. The fraction of sp³-hybridized carbons (Fsp3) is 0.182. The van der Waals surface area contributed by atoms with Crippen LogP contribution in [0.25, 0.3) is 22.3 Å². The Balaban J connectivity index is 1.34. The Hall–Kier alpha value is -3.74. The average molecular weight is 388 g/mol. The van der Waals surface area contributed by atoms with Crippen molar-refractivity contribution >= 4 is 16.8 Å². The zero-order valence-corrected chi connectivity index (χ0v) is 15.7. The fourth-order valence-electron chi connectivity index (χ4n) is 3.08. The molecule has 2 N–H and O–H groups in total. The van der Waals surface area contributed by atoms with Gasteiger partial charge in [-0.15, -0.1) is 0 Å². The van der Waals surface area contributed by atoms with E-state index >= 15 is 0 Å². The zero-order chi connectivity index (χ0) is 20.1. The maximum Gasteiger partial charge on any atom is 0.259 e. The van der Waals surface area contributed by atoms with E-state index in [0.717, 1.165) is 17.3 Å². The lowest BCUT2D eigenvalue weighted by atomic mass is 10.1. The number of rotatable bonds is 7. The molecule has 0 aliphatic heterocycles. The predicted molar refractivity (Wildman–Crippen MR) is 109 cm³/mol. The summed E-state index contributed by atoms with van der Waals surface area (Å²) in [6, 6.07) is 19.2. The zero-order valence-electron chi connectivity index (χ0n) is 15.7. The second-order valence-corrected chi connectivity index (χ2v) is 6.70. The van der Waals surface area contributed by atoms with Gasteiger partial charge in [0.2, 0.25) is 17.6 Å². The van der Waals surface area contributed by atoms with Crippen LogP contribution in [0.3, 0.4) is 0 Å². The molecule has 7 nitrogen and oxygen atoms in total. The highest BCUT2D eigenvalue weighted by Gasteiger charge is 2.14. The predicted octanol–water partition coefficient (Wildman–Crippen LogP) is 2.87. The van der Waals surface area contributed by atoms with E-state index in [1.807, 2.05) is 54.6 Å². The molecule has 0 aliphatic rings. The number of fused-ring (bicyclic) bond motifs is 1. The number of amides is 1. The number of H-pyrrole nitrogens is 1. The number of benzene rings is 2. The maximum absolute atomic E-state index is 12.3. The molecule has 4 rings (SSSR count). The number of nitrogens with one attached hydrogen (secondary N) is 2. The number of nitrogens with zero attached hydrogens (tertiary/aromatic N) is 2. The van der Waals surface area contributed by atoms with Crippen molar-refractivity contribution in [2.45, 2.75) is 19.3 Å². The number of carbonyl (C=O) groups is 1. The summed E-state index contributed by atoms with van der Waals surface area (Å²) in [5.74, 6) is 0.464. The van der Waals surface area contributed by atoms with E-state index in [1.54, 1.807) is 6.07 Å². The molecule has 0 fully saturated rings. The van der Waals surface area contributed by atoms with Gasteiger partial charge in [-0.25, -0.2) is 0 Å². The summed E-state index contributed by atoms with van der Waals surface area (Å²) < 4.78 is 5.22. The van der Waals surface area contributed by atoms with Crippen LogP contribution in [0.4, 0.5) is 0 Å². The van der Waals surface area contributed by atoms with E-state index in [0.29, 0.717) is 24.4 Å². The van der Waals surface area contributed by atoms with Gasteiger partial charge in [-0.05, 0) is 29.5 Å². The summed E-state index contributed by atoms with van der Waals surface area (Å²) in [5, 5.41) is 7.66. The number of para-hydroxylation sites is 1. The van der Waals surface area contributed by atoms with E-state index in [1.165, 1.54) is 5.56 Å². The van der Waals surface area contributed by atoms with E-state index in [4.69, 9.17) is 4.52 Å². The minimum atomic E-state index is -0.283. The molecule has 0 radical (unpaired) electrons. The number of aryl methyl sites for hydroxylation is 1. The topological polar surface area (TPSA) is 101 Å². The molecule has 0 aliphatic carbocycles. The van der Waals surface area contributed by atoms with Gasteiger partial charge in [0.1, 0.15) is 0 Å². The molecule has 2 aromatic carbocycles. The summed E-state index contributed by atoms with van der Waals surface area (Å²) in [5.41, 5.74) is 1.98. The molecule has 146 valence electrons. The number of aromatic amines is 1. The molecule has 4 aromatic rings. The molecule has 0 bridgehead atoms. The first-order chi connectivity index (χ1) is 14.2. The number of hydrogen-bond acceptors (Lipinski definition) is 5. The van der Waals surface area contributed by atoms with Crippen LogP contribution in [0.2, 0.25) is 0 Å². The molecule has 2 heterocycles. The van der Waals surface area contributed by atoms with Gasteiger partial charge in [0, 0.05) is 24.9 Å². The number of carbonyl (C=O) groups excluding carboxylic acids is 1. The van der Waals surface area contributed by atoms with Crippen molar-refractivity contribution in [3.05, 3.63) is 82.5 Å². The second-order valence-electron chi connectivity index (χ2n) is 6.70. The molecule has 2 aromatic heterocycles. The molecular weight excluding hydrogens is 368 g/mol. The van der Waals surface area contributed by atoms with Gasteiger partial charge < -0.3 is 14.8 Å². The van der Waals surface area contributed by atoms with Crippen LogP contribution in [0, 0.1) is 0 Å². The number of pyridine rings is 1. The van der Waals surface area contributed by atoms with Gasteiger partial charge in [-0.3, -0.25) is 9.59 Å². The quantitative estimate of drug-likeness (QED) is 0.507. The van der Waals surface area contributed by atoms with Crippen LogP contribution in [-0.4, -0.2) is 27.6 Å².